The molecule has 0 saturated carbocycles. The fraction of sp³-hybridized carbons (Fsp3) is 0.176. The Labute approximate surface area is 138 Å². The maximum Gasteiger partial charge on any atom is 0.336 e. The van der Waals surface area contributed by atoms with Crippen LogP contribution in [0.15, 0.2) is 53.4 Å². The molecule has 1 amide bonds. The van der Waals surface area contributed by atoms with E-state index in [9.17, 15) is 14.7 Å². The van der Waals surface area contributed by atoms with Gasteiger partial charge in [-0.25, -0.2) is 4.79 Å². The number of thioether (sulfide) groups is 1. The van der Waals surface area contributed by atoms with Crippen molar-refractivity contribution in [1.29, 1.82) is 0 Å². The summed E-state index contributed by atoms with van der Waals surface area (Å²) in [5.74, 6) is -0.642. The van der Waals surface area contributed by atoms with Crippen LogP contribution < -0.4 is 4.74 Å². The fourth-order valence-electron chi connectivity index (χ4n) is 1.78. The lowest BCUT2D eigenvalue weighted by molar-refractivity contribution is 0.0692. The summed E-state index contributed by atoms with van der Waals surface area (Å²) >= 11 is 0.880. The normalized spacial score (nSPS) is 10.2. The Hall–Kier alpha value is -2.47. The lowest BCUT2D eigenvalue weighted by Crippen LogP contribution is -2.16. The van der Waals surface area contributed by atoms with Gasteiger partial charge in [0, 0.05) is 19.0 Å². The number of carbonyl (C=O) groups is 2. The number of hydrogen-bond acceptors (Lipinski definition) is 4. The number of carbonyl (C=O) groups excluding carboxylic acids is 1. The number of nitrogens with zero attached hydrogens (tertiary/aromatic N) is 1. The zero-order valence-corrected chi connectivity index (χ0v) is 13.7. The molecular formula is C17H17NO4S. The minimum Gasteiger partial charge on any atom is -0.489 e. The minimum absolute atomic E-state index is 0.0516. The van der Waals surface area contributed by atoms with Crippen molar-refractivity contribution in [2.75, 3.05) is 14.1 Å². The quantitative estimate of drug-likeness (QED) is 0.846. The summed E-state index contributed by atoms with van der Waals surface area (Å²) < 4.78 is 5.62. The highest BCUT2D eigenvalue weighted by atomic mass is 32.2. The van der Waals surface area contributed by atoms with Crippen LogP contribution in [0, 0.1) is 0 Å². The smallest absolute Gasteiger partial charge is 0.336 e. The van der Waals surface area contributed by atoms with Gasteiger partial charge in [0.25, 0.3) is 5.24 Å². The average molecular weight is 331 g/mol. The molecule has 0 aliphatic carbocycles. The zero-order valence-electron chi connectivity index (χ0n) is 12.9. The van der Waals surface area contributed by atoms with E-state index in [1.807, 2.05) is 30.3 Å². The molecule has 0 saturated heterocycles. The second-order valence-corrected chi connectivity index (χ2v) is 5.99. The summed E-state index contributed by atoms with van der Waals surface area (Å²) in [6.45, 7) is 0.350. The first kappa shape index (κ1) is 16.9. The van der Waals surface area contributed by atoms with Crippen molar-refractivity contribution in [2.24, 2.45) is 0 Å². The predicted octanol–water partition coefficient (Wildman–Crippen LogP) is 3.74. The molecule has 0 radical (unpaired) electrons. The molecule has 5 nitrogen and oxygen atoms in total. The van der Waals surface area contributed by atoms with Crippen molar-refractivity contribution in [3.8, 4) is 5.75 Å². The summed E-state index contributed by atoms with van der Waals surface area (Å²) in [5.41, 5.74) is 1.04. The van der Waals surface area contributed by atoms with Crippen LogP contribution in [0.4, 0.5) is 4.79 Å². The number of amides is 1. The summed E-state index contributed by atoms with van der Waals surface area (Å²) in [4.78, 5) is 24.9. The van der Waals surface area contributed by atoms with Gasteiger partial charge in [0.2, 0.25) is 0 Å². The van der Waals surface area contributed by atoms with Gasteiger partial charge in [-0.05, 0) is 35.5 Å². The molecular weight excluding hydrogens is 314 g/mol. The van der Waals surface area contributed by atoms with Gasteiger partial charge < -0.3 is 14.7 Å². The summed E-state index contributed by atoms with van der Waals surface area (Å²) in [5, 5.41) is 9.10. The number of ether oxygens (including phenoxy) is 1. The molecule has 23 heavy (non-hydrogen) atoms. The SMILES string of the molecule is CN(C)C(=O)Sc1ccc(OCc2ccccc2)cc1C(=O)O. The van der Waals surface area contributed by atoms with Gasteiger partial charge in [-0.1, -0.05) is 30.3 Å². The molecule has 2 aromatic rings. The van der Waals surface area contributed by atoms with Crippen LogP contribution in [0.3, 0.4) is 0 Å². The maximum atomic E-state index is 11.7. The number of benzene rings is 2. The van der Waals surface area contributed by atoms with Crippen LogP contribution in [0.5, 0.6) is 5.75 Å². The third-order valence-corrected chi connectivity index (χ3v) is 4.11. The van der Waals surface area contributed by atoms with Crippen molar-refractivity contribution in [1.82, 2.24) is 4.90 Å². The first-order valence-electron chi connectivity index (χ1n) is 6.90. The summed E-state index contributed by atoms with van der Waals surface area (Å²) in [7, 11) is 3.24. The molecule has 2 rings (SSSR count). The van der Waals surface area contributed by atoms with Gasteiger partial charge in [-0.3, -0.25) is 4.79 Å². The molecule has 0 bridgehead atoms. The molecule has 0 aliphatic heterocycles. The second kappa shape index (κ2) is 7.69. The number of hydrogen-bond donors (Lipinski definition) is 1. The van der Waals surface area contributed by atoms with Crippen molar-refractivity contribution >= 4 is 23.0 Å². The van der Waals surface area contributed by atoms with Gasteiger partial charge in [0.05, 0.1) is 5.56 Å². The Bertz CT molecular complexity index is 701. The number of aromatic carboxylic acids is 1. The maximum absolute atomic E-state index is 11.7. The van der Waals surface area contributed by atoms with Gasteiger partial charge in [-0.15, -0.1) is 0 Å². The van der Waals surface area contributed by atoms with E-state index in [0.717, 1.165) is 17.3 Å². The van der Waals surface area contributed by atoms with E-state index in [-0.39, 0.29) is 10.8 Å². The van der Waals surface area contributed by atoms with Crippen LogP contribution in [-0.2, 0) is 6.61 Å². The molecule has 6 heteroatoms. The van der Waals surface area contributed by atoms with E-state index >= 15 is 0 Å². The summed E-state index contributed by atoms with van der Waals surface area (Å²) in [6, 6.07) is 14.3. The molecule has 2 aromatic carbocycles. The monoisotopic (exact) mass is 331 g/mol. The van der Waals surface area contributed by atoms with Crippen molar-refractivity contribution in [2.45, 2.75) is 11.5 Å². The Morgan fingerprint density at radius 2 is 1.83 bits per heavy atom. The molecule has 0 unspecified atom stereocenters. The Kier molecular flexibility index (Phi) is 5.65. The lowest BCUT2D eigenvalue weighted by atomic mass is 10.2. The number of rotatable bonds is 5. The first-order chi connectivity index (χ1) is 11.0. The molecule has 1 N–H and O–H groups in total. The van der Waals surface area contributed by atoms with Gasteiger partial charge >= 0.3 is 5.97 Å². The van der Waals surface area contributed by atoms with E-state index in [1.54, 1.807) is 26.2 Å². The van der Waals surface area contributed by atoms with E-state index in [0.29, 0.717) is 17.3 Å². The highest BCUT2D eigenvalue weighted by Gasteiger charge is 2.16. The Morgan fingerprint density at radius 3 is 2.43 bits per heavy atom. The fourth-order valence-corrected chi connectivity index (χ4v) is 2.54. The predicted molar refractivity (Wildman–Crippen MR) is 89.1 cm³/mol. The Morgan fingerprint density at radius 1 is 1.13 bits per heavy atom. The van der Waals surface area contributed by atoms with Crippen LogP contribution in [0.1, 0.15) is 15.9 Å². The third kappa shape index (κ3) is 4.75. The van der Waals surface area contributed by atoms with Crippen LogP contribution in [0.25, 0.3) is 0 Å². The third-order valence-electron chi connectivity index (χ3n) is 2.99. The minimum atomic E-state index is -1.09. The largest absolute Gasteiger partial charge is 0.489 e. The van der Waals surface area contributed by atoms with E-state index < -0.39 is 5.97 Å². The number of carboxylic acids is 1. The van der Waals surface area contributed by atoms with Crippen molar-refractivity contribution in [3.05, 3.63) is 59.7 Å². The second-order valence-electron chi connectivity index (χ2n) is 5.00. The zero-order chi connectivity index (χ0) is 16.8. The van der Waals surface area contributed by atoms with E-state index in [2.05, 4.69) is 0 Å². The number of carboxylic acid groups (broad SMARTS) is 1. The molecule has 120 valence electrons. The molecule has 0 aromatic heterocycles. The highest BCUT2D eigenvalue weighted by molar-refractivity contribution is 8.13. The molecule has 0 aliphatic rings. The summed E-state index contributed by atoms with van der Waals surface area (Å²) in [6.07, 6.45) is 0. The first-order valence-corrected chi connectivity index (χ1v) is 7.72. The average Bonchev–Trinajstić information content (AvgIpc) is 2.54. The van der Waals surface area contributed by atoms with Crippen molar-refractivity contribution < 1.29 is 19.4 Å². The van der Waals surface area contributed by atoms with Crippen LogP contribution in [0.2, 0.25) is 0 Å². The molecule has 0 fully saturated rings. The van der Waals surface area contributed by atoms with Crippen molar-refractivity contribution in [3.63, 3.8) is 0 Å². The van der Waals surface area contributed by atoms with Crippen LogP contribution >= 0.6 is 11.8 Å². The topological polar surface area (TPSA) is 66.8 Å². The van der Waals surface area contributed by atoms with Gasteiger partial charge in [0.15, 0.2) is 0 Å². The van der Waals surface area contributed by atoms with Gasteiger partial charge in [0.1, 0.15) is 12.4 Å². The molecule has 0 heterocycles. The lowest BCUT2D eigenvalue weighted by Gasteiger charge is -2.12. The standard InChI is InChI=1S/C17H17NO4S/c1-18(2)17(21)23-15-9-8-13(10-14(15)16(19)20)22-11-12-6-4-3-5-7-12/h3-10H,11H2,1-2H3,(H,19,20). The van der Waals surface area contributed by atoms with E-state index in [1.165, 1.54) is 11.0 Å². The Balaban J connectivity index is 2.15. The van der Waals surface area contributed by atoms with E-state index in [4.69, 9.17) is 4.74 Å². The molecule has 0 spiro atoms. The van der Waals surface area contributed by atoms with Gasteiger partial charge in [-0.2, -0.15) is 0 Å². The van der Waals surface area contributed by atoms with Crippen LogP contribution in [-0.4, -0.2) is 35.3 Å². The molecule has 0 atom stereocenters. The highest BCUT2D eigenvalue weighted by Crippen LogP contribution is 2.28.